The Morgan fingerprint density at radius 3 is 2.58 bits per heavy atom. The Morgan fingerprint density at radius 1 is 1.13 bits per heavy atom. The van der Waals surface area contributed by atoms with Gasteiger partial charge in [-0.05, 0) is 36.8 Å². The number of hydrogen-bond donors (Lipinski definition) is 1. The molecular formula is C24H29FN2O4. The molecule has 0 aliphatic carbocycles. The summed E-state index contributed by atoms with van der Waals surface area (Å²) in [6, 6.07) is 11.3. The van der Waals surface area contributed by atoms with Crippen molar-refractivity contribution in [2.24, 2.45) is 5.92 Å². The van der Waals surface area contributed by atoms with Crippen molar-refractivity contribution < 1.29 is 23.5 Å². The molecule has 0 saturated carbocycles. The minimum absolute atomic E-state index is 0.00546. The summed E-state index contributed by atoms with van der Waals surface area (Å²) in [4.78, 5) is 27.6. The molecule has 2 amide bonds. The van der Waals surface area contributed by atoms with Crippen molar-refractivity contribution in [3.05, 3.63) is 59.4 Å². The highest BCUT2D eigenvalue weighted by Gasteiger charge is 2.42. The van der Waals surface area contributed by atoms with Gasteiger partial charge in [0, 0.05) is 31.1 Å². The average molecular weight is 429 g/mol. The SMILES string of the molecule is CCCCNC(=O)[C@H]1CN(C(=O)c2ccccc2F)C[C@@H]1c1cc(OC)ccc1OC. The minimum Gasteiger partial charge on any atom is -0.497 e. The first-order valence-corrected chi connectivity index (χ1v) is 10.5. The van der Waals surface area contributed by atoms with Gasteiger partial charge in [-0.3, -0.25) is 9.59 Å². The summed E-state index contributed by atoms with van der Waals surface area (Å²) in [5.74, 6) is -0.631. The number of halogens is 1. The van der Waals surface area contributed by atoms with Crippen LogP contribution in [0.15, 0.2) is 42.5 Å². The topological polar surface area (TPSA) is 67.9 Å². The van der Waals surface area contributed by atoms with Crippen LogP contribution in [0.3, 0.4) is 0 Å². The van der Waals surface area contributed by atoms with Crippen LogP contribution in [0, 0.1) is 11.7 Å². The summed E-state index contributed by atoms with van der Waals surface area (Å²) >= 11 is 0. The number of ether oxygens (including phenoxy) is 2. The summed E-state index contributed by atoms with van der Waals surface area (Å²) in [7, 11) is 3.14. The summed E-state index contributed by atoms with van der Waals surface area (Å²) < 4.78 is 25.1. The number of carbonyl (C=O) groups is 2. The van der Waals surface area contributed by atoms with Crippen molar-refractivity contribution in [3.63, 3.8) is 0 Å². The molecule has 1 saturated heterocycles. The number of benzene rings is 2. The van der Waals surface area contributed by atoms with Crippen molar-refractivity contribution in [1.29, 1.82) is 0 Å². The molecule has 0 aromatic heterocycles. The summed E-state index contributed by atoms with van der Waals surface area (Å²) in [5.41, 5.74) is 0.798. The highest BCUT2D eigenvalue weighted by Crippen LogP contribution is 2.40. The number of nitrogens with zero attached hydrogens (tertiary/aromatic N) is 1. The predicted octanol–water partition coefficient (Wildman–Crippen LogP) is 3.62. The number of carbonyl (C=O) groups excluding carboxylic acids is 2. The first kappa shape index (κ1) is 22.6. The third-order valence-corrected chi connectivity index (χ3v) is 5.71. The molecule has 6 nitrogen and oxygen atoms in total. The van der Waals surface area contributed by atoms with E-state index in [0.717, 1.165) is 18.4 Å². The van der Waals surface area contributed by atoms with Gasteiger partial charge in [-0.25, -0.2) is 4.39 Å². The van der Waals surface area contributed by atoms with Crippen LogP contribution >= 0.6 is 0 Å². The molecule has 0 unspecified atom stereocenters. The first-order chi connectivity index (χ1) is 15.0. The summed E-state index contributed by atoms with van der Waals surface area (Å²) in [5, 5.41) is 2.98. The van der Waals surface area contributed by atoms with E-state index in [1.165, 1.54) is 12.1 Å². The lowest BCUT2D eigenvalue weighted by Crippen LogP contribution is -2.36. The lowest BCUT2D eigenvalue weighted by atomic mass is 9.87. The van der Waals surface area contributed by atoms with Crippen molar-refractivity contribution in [2.45, 2.75) is 25.7 Å². The second-order valence-corrected chi connectivity index (χ2v) is 7.66. The number of rotatable bonds is 8. The van der Waals surface area contributed by atoms with Crippen LogP contribution in [0.4, 0.5) is 4.39 Å². The van der Waals surface area contributed by atoms with Gasteiger partial charge < -0.3 is 19.7 Å². The molecule has 1 heterocycles. The van der Waals surface area contributed by atoms with Crippen LogP contribution in [0.2, 0.25) is 0 Å². The number of amides is 2. The van der Waals surface area contributed by atoms with E-state index in [9.17, 15) is 14.0 Å². The molecule has 166 valence electrons. The van der Waals surface area contributed by atoms with Gasteiger partial charge in [-0.1, -0.05) is 25.5 Å². The fourth-order valence-electron chi connectivity index (χ4n) is 4.00. The molecule has 1 fully saturated rings. The van der Waals surface area contributed by atoms with Crippen LogP contribution in [-0.2, 0) is 4.79 Å². The molecule has 1 N–H and O–H groups in total. The van der Waals surface area contributed by atoms with E-state index in [2.05, 4.69) is 12.2 Å². The van der Waals surface area contributed by atoms with Gasteiger partial charge in [0.2, 0.25) is 5.91 Å². The zero-order valence-corrected chi connectivity index (χ0v) is 18.2. The molecular weight excluding hydrogens is 399 g/mol. The Kier molecular flexibility index (Phi) is 7.50. The Balaban J connectivity index is 1.94. The van der Waals surface area contributed by atoms with Crippen LogP contribution in [0.5, 0.6) is 11.5 Å². The second-order valence-electron chi connectivity index (χ2n) is 7.66. The van der Waals surface area contributed by atoms with E-state index >= 15 is 0 Å². The van der Waals surface area contributed by atoms with Crippen molar-refractivity contribution in [3.8, 4) is 11.5 Å². The standard InChI is InChI=1S/C24H29FN2O4/c1-4-5-12-26-23(28)20-15-27(24(29)17-8-6-7-9-21(17)25)14-19(20)18-13-16(30-2)10-11-22(18)31-3/h6-11,13,19-20H,4-5,12,14-15H2,1-3H3,(H,26,28)/t19-,20+/m1/s1. The maximum absolute atomic E-state index is 14.2. The molecule has 0 spiro atoms. The van der Waals surface area contributed by atoms with Gasteiger partial charge >= 0.3 is 0 Å². The van der Waals surface area contributed by atoms with Crippen molar-refractivity contribution in [2.75, 3.05) is 33.9 Å². The maximum atomic E-state index is 14.2. The quantitative estimate of drug-likeness (QED) is 0.652. The maximum Gasteiger partial charge on any atom is 0.256 e. The molecule has 3 rings (SSSR count). The molecule has 2 aromatic carbocycles. The van der Waals surface area contributed by atoms with Gasteiger partial charge in [0.05, 0.1) is 25.7 Å². The van der Waals surface area contributed by atoms with E-state index in [0.29, 0.717) is 18.0 Å². The molecule has 1 aliphatic heterocycles. The third kappa shape index (κ3) is 4.98. The van der Waals surface area contributed by atoms with E-state index in [1.807, 2.05) is 6.07 Å². The Morgan fingerprint density at radius 2 is 1.90 bits per heavy atom. The molecule has 2 atom stereocenters. The Bertz CT molecular complexity index is 934. The normalized spacial score (nSPS) is 18.0. The van der Waals surface area contributed by atoms with Gasteiger partial charge in [0.15, 0.2) is 0 Å². The lowest BCUT2D eigenvalue weighted by molar-refractivity contribution is -0.124. The van der Waals surface area contributed by atoms with Crippen molar-refractivity contribution in [1.82, 2.24) is 10.2 Å². The van der Waals surface area contributed by atoms with E-state index < -0.39 is 17.6 Å². The minimum atomic E-state index is -0.571. The predicted molar refractivity (Wildman–Crippen MR) is 116 cm³/mol. The van der Waals surface area contributed by atoms with Gasteiger partial charge in [-0.2, -0.15) is 0 Å². The number of nitrogens with one attached hydrogen (secondary N) is 1. The smallest absolute Gasteiger partial charge is 0.256 e. The van der Waals surface area contributed by atoms with Gasteiger partial charge in [0.25, 0.3) is 5.91 Å². The fourth-order valence-corrected chi connectivity index (χ4v) is 4.00. The largest absolute Gasteiger partial charge is 0.497 e. The van der Waals surface area contributed by atoms with Crippen LogP contribution < -0.4 is 14.8 Å². The number of methoxy groups -OCH3 is 2. The Hall–Kier alpha value is -3.09. The van der Waals surface area contributed by atoms with Crippen molar-refractivity contribution >= 4 is 11.8 Å². The van der Waals surface area contributed by atoms with Crippen LogP contribution in [0.25, 0.3) is 0 Å². The fraction of sp³-hybridized carbons (Fsp3) is 0.417. The number of likely N-dealkylation sites (tertiary alicyclic amines) is 1. The molecule has 2 aromatic rings. The molecule has 7 heteroatoms. The first-order valence-electron chi connectivity index (χ1n) is 10.5. The van der Waals surface area contributed by atoms with Gasteiger partial charge in [0.1, 0.15) is 17.3 Å². The molecule has 31 heavy (non-hydrogen) atoms. The van der Waals surface area contributed by atoms with E-state index in [4.69, 9.17) is 9.47 Å². The highest BCUT2D eigenvalue weighted by atomic mass is 19.1. The summed E-state index contributed by atoms with van der Waals surface area (Å²) in [6.45, 7) is 3.12. The summed E-state index contributed by atoms with van der Waals surface area (Å²) in [6.07, 6.45) is 1.85. The third-order valence-electron chi connectivity index (χ3n) is 5.71. The van der Waals surface area contributed by atoms with Crippen LogP contribution in [-0.4, -0.2) is 50.6 Å². The molecule has 0 radical (unpaired) electrons. The monoisotopic (exact) mass is 428 g/mol. The van der Waals surface area contributed by atoms with E-state index in [1.54, 1.807) is 43.4 Å². The zero-order valence-electron chi connectivity index (χ0n) is 18.2. The molecule has 1 aliphatic rings. The zero-order chi connectivity index (χ0) is 22.4. The second kappa shape index (κ2) is 10.3. The van der Waals surface area contributed by atoms with E-state index in [-0.39, 0.29) is 30.5 Å². The number of unbranched alkanes of at least 4 members (excludes halogenated alkanes) is 1. The Labute approximate surface area is 182 Å². The highest BCUT2D eigenvalue weighted by molar-refractivity contribution is 5.95. The lowest BCUT2D eigenvalue weighted by Gasteiger charge is -2.21. The molecule has 0 bridgehead atoms. The number of hydrogen-bond acceptors (Lipinski definition) is 4. The van der Waals surface area contributed by atoms with Gasteiger partial charge in [-0.15, -0.1) is 0 Å². The average Bonchev–Trinajstić information content (AvgIpc) is 3.24. The van der Waals surface area contributed by atoms with Crippen LogP contribution in [0.1, 0.15) is 41.6 Å².